The van der Waals surface area contributed by atoms with E-state index >= 15 is 0 Å². The number of carbonyl (C=O) groups excluding carboxylic acids is 2. The zero-order chi connectivity index (χ0) is 22.0. The highest BCUT2D eigenvalue weighted by Gasteiger charge is 2.32. The molecule has 2 aromatic heterocycles. The number of carbonyl (C=O) groups is 2. The molecule has 1 aromatic carbocycles. The average Bonchev–Trinajstić information content (AvgIpc) is 3.31. The van der Waals surface area contributed by atoms with E-state index in [-0.39, 0.29) is 6.04 Å². The normalized spacial score (nSPS) is 16.3. The van der Waals surface area contributed by atoms with Crippen LogP contribution in [0.4, 0.5) is 17.2 Å². The molecule has 0 bridgehead atoms. The third kappa shape index (κ3) is 4.03. The molecule has 0 spiro atoms. The first-order valence-corrected chi connectivity index (χ1v) is 10.5. The van der Waals surface area contributed by atoms with Crippen LogP contribution in [0.5, 0.6) is 0 Å². The number of benzene rings is 1. The predicted octanol–water partition coefficient (Wildman–Crippen LogP) is 2.69. The monoisotopic (exact) mass is 421 g/mol. The Morgan fingerprint density at radius 3 is 2.97 bits per heavy atom. The van der Waals surface area contributed by atoms with E-state index in [1.807, 2.05) is 19.2 Å². The maximum atomic E-state index is 13.1. The zero-order valence-corrected chi connectivity index (χ0v) is 17.8. The number of fused-ring (bicyclic) bond motifs is 1. The highest BCUT2D eigenvalue weighted by molar-refractivity contribution is 6.40. The fourth-order valence-electron chi connectivity index (χ4n) is 4.03. The lowest BCUT2D eigenvalue weighted by Gasteiger charge is -2.36. The SMILES string of the molecule is CCN(C)c1cccc(C2CCCCN2C(=O)C(=O)Nc2cnc(N)c3cn[nH]c23)c1. The van der Waals surface area contributed by atoms with Crippen LogP contribution >= 0.6 is 0 Å². The van der Waals surface area contributed by atoms with Gasteiger partial charge in [-0.3, -0.25) is 14.7 Å². The topological polar surface area (TPSA) is 120 Å². The van der Waals surface area contributed by atoms with Crippen molar-refractivity contribution in [3.8, 4) is 0 Å². The Labute approximate surface area is 180 Å². The maximum Gasteiger partial charge on any atom is 0.314 e. The van der Waals surface area contributed by atoms with Gasteiger partial charge in [-0.2, -0.15) is 5.10 Å². The number of nitrogens with zero attached hydrogens (tertiary/aromatic N) is 4. The largest absolute Gasteiger partial charge is 0.383 e. The van der Waals surface area contributed by atoms with Crippen LogP contribution in [-0.2, 0) is 9.59 Å². The fraction of sp³-hybridized carbons (Fsp3) is 0.364. The van der Waals surface area contributed by atoms with Gasteiger partial charge in [0.05, 0.1) is 35.0 Å². The molecule has 1 fully saturated rings. The molecule has 4 rings (SSSR count). The number of anilines is 3. The molecule has 1 unspecified atom stereocenters. The summed E-state index contributed by atoms with van der Waals surface area (Å²) in [6.45, 7) is 3.53. The molecule has 0 radical (unpaired) electrons. The number of nitrogens with two attached hydrogens (primary N) is 1. The predicted molar refractivity (Wildman–Crippen MR) is 121 cm³/mol. The minimum absolute atomic E-state index is 0.131. The number of rotatable bonds is 4. The molecule has 0 saturated carbocycles. The number of amides is 2. The molecule has 9 heteroatoms. The Hall–Kier alpha value is -3.62. The molecule has 1 aliphatic heterocycles. The molecular weight excluding hydrogens is 394 g/mol. The van der Waals surface area contributed by atoms with Crippen molar-refractivity contribution in [2.24, 2.45) is 0 Å². The quantitative estimate of drug-likeness (QED) is 0.557. The van der Waals surface area contributed by atoms with E-state index in [0.717, 1.165) is 37.1 Å². The fourth-order valence-corrected chi connectivity index (χ4v) is 4.03. The van der Waals surface area contributed by atoms with E-state index in [1.54, 1.807) is 4.90 Å². The Kier molecular flexibility index (Phi) is 5.75. The van der Waals surface area contributed by atoms with E-state index in [9.17, 15) is 9.59 Å². The number of aromatic nitrogens is 3. The van der Waals surface area contributed by atoms with Crippen molar-refractivity contribution in [3.63, 3.8) is 0 Å². The molecule has 0 aliphatic carbocycles. The summed E-state index contributed by atoms with van der Waals surface area (Å²) in [7, 11) is 2.03. The van der Waals surface area contributed by atoms with E-state index in [4.69, 9.17) is 5.73 Å². The van der Waals surface area contributed by atoms with Crippen LogP contribution in [0.2, 0.25) is 0 Å². The number of nitrogens with one attached hydrogen (secondary N) is 2. The van der Waals surface area contributed by atoms with Crippen LogP contribution in [0.15, 0.2) is 36.7 Å². The number of piperidine rings is 1. The summed E-state index contributed by atoms with van der Waals surface area (Å²) in [6, 6.07) is 8.06. The van der Waals surface area contributed by atoms with Gasteiger partial charge in [-0.1, -0.05) is 12.1 Å². The number of likely N-dealkylation sites (tertiary alicyclic amines) is 1. The third-order valence-electron chi connectivity index (χ3n) is 5.89. The van der Waals surface area contributed by atoms with Gasteiger partial charge in [-0.05, 0) is 43.9 Å². The summed E-state index contributed by atoms with van der Waals surface area (Å²) >= 11 is 0. The Bertz CT molecular complexity index is 1110. The Balaban J connectivity index is 1.56. The van der Waals surface area contributed by atoms with Gasteiger partial charge < -0.3 is 20.9 Å². The molecule has 9 nitrogen and oxygen atoms in total. The molecule has 162 valence electrons. The van der Waals surface area contributed by atoms with Crippen LogP contribution in [0.3, 0.4) is 0 Å². The van der Waals surface area contributed by atoms with Crippen molar-refractivity contribution in [3.05, 3.63) is 42.2 Å². The highest BCUT2D eigenvalue weighted by atomic mass is 16.2. The van der Waals surface area contributed by atoms with Gasteiger partial charge in [-0.25, -0.2) is 4.98 Å². The number of hydrogen-bond donors (Lipinski definition) is 3. The molecule has 1 saturated heterocycles. The molecule has 3 aromatic rings. The van der Waals surface area contributed by atoms with Crippen LogP contribution < -0.4 is 16.0 Å². The summed E-state index contributed by atoms with van der Waals surface area (Å²) in [5.41, 5.74) is 8.90. The van der Waals surface area contributed by atoms with E-state index in [0.29, 0.717) is 29.0 Å². The minimum Gasteiger partial charge on any atom is -0.383 e. The number of aromatic amines is 1. The van der Waals surface area contributed by atoms with Crippen LogP contribution in [0.25, 0.3) is 10.9 Å². The second kappa shape index (κ2) is 8.63. The van der Waals surface area contributed by atoms with Gasteiger partial charge in [0.25, 0.3) is 0 Å². The smallest absolute Gasteiger partial charge is 0.314 e. The van der Waals surface area contributed by atoms with Crippen molar-refractivity contribution in [2.45, 2.75) is 32.2 Å². The van der Waals surface area contributed by atoms with Crippen LogP contribution in [-0.4, -0.2) is 52.0 Å². The number of nitrogen functional groups attached to an aromatic ring is 1. The first-order valence-electron chi connectivity index (χ1n) is 10.5. The number of hydrogen-bond acceptors (Lipinski definition) is 6. The van der Waals surface area contributed by atoms with Crippen molar-refractivity contribution >= 4 is 39.9 Å². The Morgan fingerprint density at radius 1 is 1.32 bits per heavy atom. The standard InChI is InChI=1S/C22H27N7O2/c1-3-28(2)15-8-6-7-14(11-15)18-9-4-5-10-29(18)22(31)21(30)26-17-13-24-20(23)16-12-25-27-19(16)17/h6-8,11-13,18H,3-5,9-10H2,1-2H3,(H2,23,24)(H,25,27)(H,26,30). The van der Waals surface area contributed by atoms with Gasteiger partial charge in [0.1, 0.15) is 5.82 Å². The second-order valence-electron chi connectivity index (χ2n) is 7.79. The molecule has 3 heterocycles. The van der Waals surface area contributed by atoms with Crippen molar-refractivity contribution < 1.29 is 9.59 Å². The van der Waals surface area contributed by atoms with Crippen molar-refractivity contribution in [1.82, 2.24) is 20.1 Å². The van der Waals surface area contributed by atoms with Gasteiger partial charge in [0, 0.05) is 25.8 Å². The lowest BCUT2D eigenvalue weighted by Crippen LogP contribution is -2.44. The first kappa shape index (κ1) is 20.6. The molecule has 1 atom stereocenters. The maximum absolute atomic E-state index is 13.1. The molecule has 1 aliphatic rings. The summed E-state index contributed by atoms with van der Waals surface area (Å²) in [5.74, 6) is -0.944. The van der Waals surface area contributed by atoms with E-state index < -0.39 is 11.8 Å². The highest BCUT2D eigenvalue weighted by Crippen LogP contribution is 2.33. The van der Waals surface area contributed by atoms with Gasteiger partial charge in [-0.15, -0.1) is 0 Å². The van der Waals surface area contributed by atoms with Crippen molar-refractivity contribution in [2.75, 3.05) is 36.1 Å². The molecule has 4 N–H and O–H groups in total. The number of pyridine rings is 1. The van der Waals surface area contributed by atoms with E-state index in [1.165, 1.54) is 12.4 Å². The summed E-state index contributed by atoms with van der Waals surface area (Å²) in [5, 5.41) is 10.0. The van der Waals surface area contributed by atoms with Gasteiger partial charge in [0.15, 0.2) is 0 Å². The number of H-pyrrole nitrogens is 1. The van der Waals surface area contributed by atoms with E-state index in [2.05, 4.69) is 44.5 Å². The molecule has 2 amide bonds. The molecular formula is C22H27N7O2. The van der Waals surface area contributed by atoms with Crippen LogP contribution in [0.1, 0.15) is 37.8 Å². The van der Waals surface area contributed by atoms with Gasteiger partial charge in [0.2, 0.25) is 0 Å². The summed E-state index contributed by atoms with van der Waals surface area (Å²) < 4.78 is 0. The third-order valence-corrected chi connectivity index (χ3v) is 5.89. The van der Waals surface area contributed by atoms with Crippen LogP contribution in [0, 0.1) is 0 Å². The lowest BCUT2D eigenvalue weighted by atomic mass is 9.94. The Morgan fingerprint density at radius 2 is 2.16 bits per heavy atom. The summed E-state index contributed by atoms with van der Waals surface area (Å²) in [6.07, 6.45) is 5.68. The first-order chi connectivity index (χ1) is 15.0. The average molecular weight is 422 g/mol. The summed E-state index contributed by atoms with van der Waals surface area (Å²) in [4.78, 5) is 33.9. The van der Waals surface area contributed by atoms with Gasteiger partial charge >= 0.3 is 11.8 Å². The lowest BCUT2D eigenvalue weighted by molar-refractivity contribution is -0.145. The zero-order valence-electron chi connectivity index (χ0n) is 17.8. The van der Waals surface area contributed by atoms with Crippen molar-refractivity contribution in [1.29, 1.82) is 0 Å². The minimum atomic E-state index is -0.698. The second-order valence-corrected chi connectivity index (χ2v) is 7.79. The molecule has 31 heavy (non-hydrogen) atoms.